The third kappa shape index (κ3) is 6.97. The van der Waals surface area contributed by atoms with Crippen LogP contribution in [0.1, 0.15) is 0 Å². The predicted octanol–water partition coefficient (Wildman–Crippen LogP) is 19.1. The molecule has 71 heavy (non-hydrogen) atoms. The molecule has 0 saturated carbocycles. The van der Waals surface area contributed by atoms with Gasteiger partial charge < -0.3 is 13.9 Å². The van der Waals surface area contributed by atoms with E-state index in [0.717, 1.165) is 78.1 Å². The van der Waals surface area contributed by atoms with E-state index in [-0.39, 0.29) is 0 Å². The summed E-state index contributed by atoms with van der Waals surface area (Å²) >= 11 is 0. The van der Waals surface area contributed by atoms with Crippen molar-refractivity contribution in [2.75, 3.05) is 4.90 Å². The van der Waals surface area contributed by atoms with Crippen LogP contribution in [-0.2, 0) is 0 Å². The minimum atomic E-state index is 0.886. The first-order valence-corrected chi connectivity index (χ1v) is 24.3. The van der Waals surface area contributed by atoms with Crippen molar-refractivity contribution in [3.8, 4) is 50.2 Å². The van der Waals surface area contributed by atoms with Crippen molar-refractivity contribution in [2.45, 2.75) is 0 Å². The first-order chi connectivity index (χ1) is 35.2. The Kier molecular flexibility index (Phi) is 9.53. The van der Waals surface area contributed by atoms with Gasteiger partial charge in [-0.25, -0.2) is 0 Å². The molecule has 0 amide bonds. The molecule has 332 valence electrons. The number of furan rings is 1. The van der Waals surface area contributed by atoms with Gasteiger partial charge in [0.15, 0.2) is 0 Å². The summed E-state index contributed by atoms with van der Waals surface area (Å²) < 4.78 is 8.74. The molecule has 2 aromatic heterocycles. The lowest BCUT2D eigenvalue weighted by Crippen LogP contribution is -2.11. The fourth-order valence-corrected chi connectivity index (χ4v) is 10.9. The molecular formula is C68H44N2O. The summed E-state index contributed by atoms with van der Waals surface area (Å²) in [6.45, 7) is 0. The zero-order chi connectivity index (χ0) is 46.8. The molecule has 0 aliphatic carbocycles. The number of hydrogen-bond donors (Lipinski definition) is 0. The second-order valence-corrected chi connectivity index (χ2v) is 18.5. The van der Waals surface area contributed by atoms with Crippen LogP contribution < -0.4 is 4.90 Å². The summed E-state index contributed by atoms with van der Waals surface area (Å²) in [5, 5.41) is 9.78. The zero-order valence-corrected chi connectivity index (χ0v) is 38.7. The monoisotopic (exact) mass is 904 g/mol. The van der Waals surface area contributed by atoms with Gasteiger partial charge in [-0.2, -0.15) is 0 Å². The second-order valence-electron chi connectivity index (χ2n) is 18.5. The number of fused-ring (bicyclic) bond motifs is 9. The average molecular weight is 905 g/mol. The highest BCUT2D eigenvalue weighted by Gasteiger charge is 2.20. The number of aromatic nitrogens is 1. The number of para-hydroxylation sites is 4. The Morgan fingerprint density at radius 3 is 1.61 bits per heavy atom. The van der Waals surface area contributed by atoms with Crippen molar-refractivity contribution >= 4 is 82.4 Å². The zero-order valence-electron chi connectivity index (χ0n) is 38.7. The summed E-state index contributed by atoms with van der Waals surface area (Å²) in [5.41, 5.74) is 17.8. The Balaban J connectivity index is 0.837. The molecule has 0 saturated heterocycles. The molecule has 12 aromatic carbocycles. The van der Waals surface area contributed by atoms with Crippen LogP contribution in [0, 0.1) is 0 Å². The largest absolute Gasteiger partial charge is 0.456 e. The summed E-state index contributed by atoms with van der Waals surface area (Å²) in [5.74, 6) is 0. The Morgan fingerprint density at radius 1 is 0.282 bits per heavy atom. The summed E-state index contributed by atoms with van der Waals surface area (Å²) in [6.07, 6.45) is 0. The fraction of sp³-hybridized carbons (Fsp3) is 0. The van der Waals surface area contributed by atoms with Crippen molar-refractivity contribution in [1.29, 1.82) is 0 Å². The van der Waals surface area contributed by atoms with E-state index in [1.165, 1.54) is 54.5 Å². The van der Waals surface area contributed by atoms with E-state index in [1.54, 1.807) is 0 Å². The molecule has 3 heteroatoms. The van der Waals surface area contributed by atoms with Crippen LogP contribution >= 0.6 is 0 Å². The molecule has 3 nitrogen and oxygen atoms in total. The maximum atomic E-state index is 6.36. The summed E-state index contributed by atoms with van der Waals surface area (Å²) in [6, 6.07) is 96.8. The van der Waals surface area contributed by atoms with Gasteiger partial charge in [0.1, 0.15) is 11.2 Å². The molecule has 0 radical (unpaired) electrons. The number of nitrogens with zero attached hydrogens (tertiary/aromatic N) is 2. The lowest BCUT2D eigenvalue weighted by molar-refractivity contribution is 0.669. The van der Waals surface area contributed by atoms with E-state index in [2.05, 4.69) is 264 Å². The average Bonchev–Trinajstić information content (AvgIpc) is 3.99. The molecule has 2 heterocycles. The van der Waals surface area contributed by atoms with Crippen LogP contribution in [0.3, 0.4) is 0 Å². The number of anilines is 3. The van der Waals surface area contributed by atoms with Crippen LogP contribution in [0.15, 0.2) is 271 Å². The molecule has 0 spiro atoms. The summed E-state index contributed by atoms with van der Waals surface area (Å²) in [7, 11) is 0. The van der Waals surface area contributed by atoms with Gasteiger partial charge in [-0.1, -0.05) is 188 Å². The van der Waals surface area contributed by atoms with E-state index in [4.69, 9.17) is 4.42 Å². The predicted molar refractivity (Wildman–Crippen MR) is 299 cm³/mol. The second kappa shape index (κ2) is 16.7. The molecular weight excluding hydrogens is 861 g/mol. The maximum absolute atomic E-state index is 6.36. The molecule has 0 atom stereocenters. The van der Waals surface area contributed by atoms with Crippen LogP contribution in [0.5, 0.6) is 0 Å². The van der Waals surface area contributed by atoms with E-state index in [1.807, 2.05) is 12.1 Å². The van der Waals surface area contributed by atoms with E-state index < -0.39 is 0 Å². The van der Waals surface area contributed by atoms with Crippen molar-refractivity contribution in [2.24, 2.45) is 0 Å². The van der Waals surface area contributed by atoms with Crippen molar-refractivity contribution in [3.05, 3.63) is 267 Å². The van der Waals surface area contributed by atoms with Crippen molar-refractivity contribution in [1.82, 2.24) is 4.57 Å². The van der Waals surface area contributed by atoms with Crippen LogP contribution in [0.25, 0.3) is 115 Å². The molecule has 0 bridgehead atoms. The quantitative estimate of drug-likeness (QED) is 0.142. The number of benzene rings is 12. The van der Waals surface area contributed by atoms with Gasteiger partial charge in [-0.3, -0.25) is 0 Å². The van der Waals surface area contributed by atoms with Crippen molar-refractivity contribution < 1.29 is 4.42 Å². The van der Waals surface area contributed by atoms with Gasteiger partial charge in [-0.15, -0.1) is 0 Å². The van der Waals surface area contributed by atoms with Gasteiger partial charge in [0.25, 0.3) is 0 Å². The maximum Gasteiger partial charge on any atom is 0.136 e. The Labute approximate surface area is 411 Å². The first-order valence-electron chi connectivity index (χ1n) is 24.3. The third-order valence-corrected chi connectivity index (χ3v) is 14.4. The highest BCUT2D eigenvalue weighted by molar-refractivity contribution is 6.10. The highest BCUT2D eigenvalue weighted by Crippen LogP contribution is 2.44. The van der Waals surface area contributed by atoms with Crippen LogP contribution in [0.2, 0.25) is 0 Å². The minimum Gasteiger partial charge on any atom is -0.456 e. The Bertz CT molecular complexity index is 4290. The van der Waals surface area contributed by atoms with E-state index >= 15 is 0 Å². The van der Waals surface area contributed by atoms with E-state index in [0.29, 0.717) is 0 Å². The normalized spacial score (nSPS) is 11.7. The third-order valence-electron chi connectivity index (χ3n) is 14.4. The Morgan fingerprint density at radius 2 is 0.817 bits per heavy atom. The van der Waals surface area contributed by atoms with Crippen LogP contribution in [-0.4, -0.2) is 4.57 Å². The molecule has 0 fully saturated rings. The SMILES string of the molecule is c1cc(-c2ccc3c(c2)oc2ccccc23)cc(N(c2ccc(-c3ccc(-c4cccc(-n5c6ccccc6c6ccccc65)c4)cc3)cc2)c2ccccc2-c2ccc3c(ccc4ccccc43)c2)c1. The smallest absolute Gasteiger partial charge is 0.136 e. The lowest BCUT2D eigenvalue weighted by atomic mass is 9.95. The minimum absolute atomic E-state index is 0.886. The topological polar surface area (TPSA) is 21.3 Å². The van der Waals surface area contributed by atoms with Crippen LogP contribution in [0.4, 0.5) is 17.1 Å². The highest BCUT2D eigenvalue weighted by atomic mass is 16.3. The molecule has 14 rings (SSSR count). The molecule has 0 unspecified atom stereocenters. The van der Waals surface area contributed by atoms with Gasteiger partial charge >= 0.3 is 0 Å². The fourth-order valence-electron chi connectivity index (χ4n) is 10.9. The summed E-state index contributed by atoms with van der Waals surface area (Å²) in [4.78, 5) is 2.40. The standard InChI is InChI=1S/C68H44N2O/c1-2-18-57-48(13-1)31-32-52-41-53(36-39-58(52)57)59-19-3-7-23-64(59)69(55-16-12-15-50(43-55)51-35-40-63-62-22-6-10-26-67(62)71-68(63)44-51)54-37-33-46(34-38-54)45-27-29-47(30-28-45)49-14-11-17-56(42-49)70-65-24-8-4-20-60(65)61-21-5-9-25-66(61)70/h1-44H. The lowest BCUT2D eigenvalue weighted by Gasteiger charge is -2.28. The van der Waals surface area contributed by atoms with Gasteiger partial charge in [0, 0.05) is 44.2 Å². The number of rotatable bonds is 8. The van der Waals surface area contributed by atoms with E-state index in [9.17, 15) is 0 Å². The van der Waals surface area contributed by atoms with Gasteiger partial charge in [0.05, 0.1) is 16.7 Å². The molecule has 0 N–H and O–H groups in total. The molecule has 0 aliphatic rings. The molecule has 0 aliphatic heterocycles. The van der Waals surface area contributed by atoms with Gasteiger partial charge in [-0.05, 0) is 139 Å². The Hall–Kier alpha value is -9.44. The van der Waals surface area contributed by atoms with Gasteiger partial charge in [0.2, 0.25) is 0 Å². The molecule has 14 aromatic rings. The number of hydrogen-bond acceptors (Lipinski definition) is 2. The van der Waals surface area contributed by atoms with Crippen molar-refractivity contribution in [3.63, 3.8) is 0 Å². The first kappa shape index (κ1) is 40.6.